The molecule has 0 bridgehead atoms. The van der Waals surface area contributed by atoms with Gasteiger partial charge in [-0.1, -0.05) is 11.3 Å². The molecule has 17 heavy (non-hydrogen) atoms. The van der Waals surface area contributed by atoms with Gasteiger partial charge >= 0.3 is 0 Å². The highest BCUT2D eigenvalue weighted by Gasteiger charge is 2.09. The Hall–Kier alpha value is -1.99. The number of aryl methyl sites for hydroxylation is 1. The van der Waals surface area contributed by atoms with Gasteiger partial charge in [0.15, 0.2) is 0 Å². The molecule has 0 aliphatic rings. The van der Waals surface area contributed by atoms with Gasteiger partial charge in [-0.15, -0.1) is 10.2 Å². The van der Waals surface area contributed by atoms with Crippen molar-refractivity contribution in [2.45, 2.75) is 6.92 Å². The third-order valence-corrected chi connectivity index (χ3v) is 2.83. The van der Waals surface area contributed by atoms with Gasteiger partial charge in [-0.2, -0.15) is 0 Å². The minimum atomic E-state index is -0.214. The van der Waals surface area contributed by atoms with Crippen molar-refractivity contribution in [1.29, 1.82) is 0 Å². The number of aromatic nitrogens is 2. The van der Waals surface area contributed by atoms with Gasteiger partial charge in [-0.25, -0.2) is 0 Å². The fraction of sp³-hybridized carbons (Fsp3) is 0.100. The SMILES string of the molecule is Cc1cc(C(=O)Nc2nncs2)ccc1NN. The van der Waals surface area contributed by atoms with E-state index < -0.39 is 0 Å². The Morgan fingerprint density at radius 1 is 1.47 bits per heavy atom. The smallest absolute Gasteiger partial charge is 0.257 e. The Balaban J connectivity index is 2.17. The summed E-state index contributed by atoms with van der Waals surface area (Å²) in [5, 5.41) is 10.5. The van der Waals surface area contributed by atoms with Crippen LogP contribution >= 0.6 is 11.3 Å². The van der Waals surface area contributed by atoms with Crippen LogP contribution in [0.25, 0.3) is 0 Å². The first-order chi connectivity index (χ1) is 8.20. The van der Waals surface area contributed by atoms with Gasteiger partial charge in [0.25, 0.3) is 5.91 Å². The first kappa shape index (κ1) is 11.5. The van der Waals surface area contributed by atoms with Crippen LogP contribution in [0.4, 0.5) is 10.8 Å². The summed E-state index contributed by atoms with van der Waals surface area (Å²) in [6.07, 6.45) is 0. The number of nitrogen functional groups attached to an aromatic ring is 1. The van der Waals surface area contributed by atoms with Crippen molar-refractivity contribution in [2.24, 2.45) is 5.84 Å². The van der Waals surface area contributed by atoms with Crippen LogP contribution in [0.2, 0.25) is 0 Å². The van der Waals surface area contributed by atoms with Crippen LogP contribution in [-0.4, -0.2) is 16.1 Å². The van der Waals surface area contributed by atoms with Crippen molar-refractivity contribution in [1.82, 2.24) is 10.2 Å². The van der Waals surface area contributed by atoms with E-state index in [-0.39, 0.29) is 5.91 Å². The summed E-state index contributed by atoms with van der Waals surface area (Å²) in [7, 11) is 0. The van der Waals surface area contributed by atoms with E-state index in [0.717, 1.165) is 11.3 Å². The van der Waals surface area contributed by atoms with Crippen molar-refractivity contribution in [3.05, 3.63) is 34.8 Å². The maximum absolute atomic E-state index is 11.8. The van der Waals surface area contributed by atoms with E-state index in [0.29, 0.717) is 10.7 Å². The summed E-state index contributed by atoms with van der Waals surface area (Å²) in [5.74, 6) is 5.10. The molecule has 0 atom stereocenters. The zero-order chi connectivity index (χ0) is 12.3. The maximum atomic E-state index is 11.8. The third kappa shape index (κ3) is 2.58. The van der Waals surface area contributed by atoms with Crippen LogP contribution in [-0.2, 0) is 0 Å². The number of amides is 1. The molecule has 6 nitrogen and oxygen atoms in total. The molecule has 0 unspecified atom stereocenters. The minimum Gasteiger partial charge on any atom is -0.324 e. The van der Waals surface area contributed by atoms with Crippen LogP contribution in [0.5, 0.6) is 0 Å². The number of hydrazine groups is 1. The second kappa shape index (κ2) is 4.89. The molecule has 0 radical (unpaired) electrons. The summed E-state index contributed by atoms with van der Waals surface area (Å²) in [6, 6.07) is 5.20. The highest BCUT2D eigenvalue weighted by molar-refractivity contribution is 7.13. The van der Waals surface area contributed by atoms with Crippen molar-refractivity contribution < 1.29 is 4.79 Å². The Morgan fingerprint density at radius 2 is 2.29 bits per heavy atom. The molecule has 4 N–H and O–H groups in total. The van der Waals surface area contributed by atoms with E-state index in [1.165, 1.54) is 11.3 Å². The standard InChI is InChI=1S/C10H11N5OS/c1-6-4-7(2-3-8(6)14-11)9(16)13-10-15-12-5-17-10/h2-5,14H,11H2,1H3,(H,13,15,16). The summed E-state index contributed by atoms with van der Waals surface area (Å²) in [6.45, 7) is 1.87. The summed E-state index contributed by atoms with van der Waals surface area (Å²) in [5.41, 5.74) is 6.35. The van der Waals surface area contributed by atoms with E-state index >= 15 is 0 Å². The Bertz CT molecular complexity index is 525. The lowest BCUT2D eigenvalue weighted by Crippen LogP contribution is -2.13. The Kier molecular flexibility index (Phi) is 3.31. The van der Waals surface area contributed by atoms with Crippen molar-refractivity contribution in [2.75, 3.05) is 10.7 Å². The van der Waals surface area contributed by atoms with Crippen LogP contribution in [0.3, 0.4) is 0 Å². The summed E-state index contributed by atoms with van der Waals surface area (Å²) >= 11 is 1.27. The van der Waals surface area contributed by atoms with Crippen LogP contribution in [0, 0.1) is 6.92 Å². The highest BCUT2D eigenvalue weighted by Crippen LogP contribution is 2.17. The van der Waals surface area contributed by atoms with Crippen LogP contribution in [0.1, 0.15) is 15.9 Å². The van der Waals surface area contributed by atoms with Gasteiger partial charge in [0.05, 0.1) is 5.69 Å². The Labute approximate surface area is 102 Å². The number of nitrogens with two attached hydrogens (primary N) is 1. The maximum Gasteiger partial charge on any atom is 0.257 e. The first-order valence-corrected chi connectivity index (χ1v) is 5.73. The largest absolute Gasteiger partial charge is 0.324 e. The minimum absolute atomic E-state index is 0.214. The number of hydrogen-bond acceptors (Lipinski definition) is 6. The van der Waals surface area contributed by atoms with Crippen LogP contribution < -0.4 is 16.6 Å². The number of anilines is 2. The molecule has 1 aromatic heterocycles. The molecule has 0 aliphatic heterocycles. The predicted molar refractivity (Wildman–Crippen MR) is 66.9 cm³/mol. The number of nitrogens with one attached hydrogen (secondary N) is 2. The zero-order valence-electron chi connectivity index (χ0n) is 9.10. The van der Waals surface area contributed by atoms with Crippen molar-refractivity contribution >= 4 is 28.1 Å². The molecule has 0 fully saturated rings. The first-order valence-electron chi connectivity index (χ1n) is 4.85. The van der Waals surface area contributed by atoms with Crippen LogP contribution in [0.15, 0.2) is 23.7 Å². The van der Waals surface area contributed by atoms with E-state index in [4.69, 9.17) is 5.84 Å². The number of hydrogen-bond donors (Lipinski definition) is 3. The van der Waals surface area contributed by atoms with E-state index in [2.05, 4.69) is 20.9 Å². The average Bonchev–Trinajstić information content (AvgIpc) is 2.81. The lowest BCUT2D eigenvalue weighted by molar-refractivity contribution is 0.102. The van der Waals surface area contributed by atoms with Gasteiger partial charge in [0.1, 0.15) is 5.51 Å². The molecule has 7 heteroatoms. The molecule has 0 saturated carbocycles. The van der Waals surface area contributed by atoms with Gasteiger partial charge in [-0.3, -0.25) is 16.0 Å². The molecule has 88 valence electrons. The number of nitrogens with zero attached hydrogens (tertiary/aromatic N) is 2. The van der Waals surface area contributed by atoms with Gasteiger partial charge in [0.2, 0.25) is 5.13 Å². The summed E-state index contributed by atoms with van der Waals surface area (Å²) < 4.78 is 0. The second-order valence-corrected chi connectivity index (χ2v) is 4.21. The predicted octanol–water partition coefficient (Wildman–Crippen LogP) is 1.38. The fourth-order valence-electron chi connectivity index (χ4n) is 1.36. The molecular formula is C10H11N5OS. The quantitative estimate of drug-likeness (QED) is 0.564. The molecule has 0 spiro atoms. The molecule has 0 aliphatic carbocycles. The third-order valence-electron chi connectivity index (χ3n) is 2.22. The molecular weight excluding hydrogens is 238 g/mol. The van der Waals surface area contributed by atoms with Crippen molar-refractivity contribution in [3.8, 4) is 0 Å². The lowest BCUT2D eigenvalue weighted by Gasteiger charge is -2.07. The zero-order valence-corrected chi connectivity index (χ0v) is 9.91. The van der Waals surface area contributed by atoms with E-state index in [1.807, 2.05) is 6.92 Å². The van der Waals surface area contributed by atoms with Gasteiger partial charge in [-0.05, 0) is 30.7 Å². The molecule has 0 saturated heterocycles. The molecule has 1 aromatic carbocycles. The lowest BCUT2D eigenvalue weighted by atomic mass is 10.1. The van der Waals surface area contributed by atoms with E-state index in [9.17, 15) is 4.79 Å². The van der Waals surface area contributed by atoms with Crippen molar-refractivity contribution in [3.63, 3.8) is 0 Å². The normalized spacial score (nSPS) is 10.0. The monoisotopic (exact) mass is 249 g/mol. The molecule has 1 heterocycles. The number of carbonyl (C=O) groups is 1. The van der Waals surface area contributed by atoms with E-state index in [1.54, 1.807) is 23.7 Å². The van der Waals surface area contributed by atoms with Gasteiger partial charge in [0, 0.05) is 5.56 Å². The van der Waals surface area contributed by atoms with Gasteiger partial charge < -0.3 is 5.43 Å². The number of benzene rings is 1. The fourth-order valence-corrected chi connectivity index (χ4v) is 1.80. The average molecular weight is 249 g/mol. The number of rotatable bonds is 3. The summed E-state index contributed by atoms with van der Waals surface area (Å²) in [4.78, 5) is 11.8. The number of carbonyl (C=O) groups excluding carboxylic acids is 1. The molecule has 2 aromatic rings. The second-order valence-electron chi connectivity index (χ2n) is 3.37. The molecule has 2 rings (SSSR count). The Morgan fingerprint density at radius 3 is 2.88 bits per heavy atom. The molecule has 1 amide bonds. The highest BCUT2D eigenvalue weighted by atomic mass is 32.1. The topological polar surface area (TPSA) is 92.9 Å².